The fourth-order valence-corrected chi connectivity index (χ4v) is 2.19. The lowest BCUT2D eigenvalue weighted by molar-refractivity contribution is 0.183. The van der Waals surface area contributed by atoms with Crippen molar-refractivity contribution in [2.75, 3.05) is 13.6 Å². The number of nitrogens with zero attached hydrogens (tertiary/aromatic N) is 2. The molecule has 1 aliphatic heterocycles. The smallest absolute Gasteiger partial charge is 0.0577 e. The van der Waals surface area contributed by atoms with Gasteiger partial charge in [0.05, 0.1) is 11.7 Å². The van der Waals surface area contributed by atoms with Crippen LogP contribution in [-0.4, -0.2) is 23.5 Å². The summed E-state index contributed by atoms with van der Waals surface area (Å²) in [7, 11) is 2.20. The molecule has 0 aromatic carbocycles. The maximum atomic E-state index is 4.47. The minimum Gasteiger partial charge on any atom is -0.298 e. The largest absolute Gasteiger partial charge is 0.298 e. The van der Waals surface area contributed by atoms with Gasteiger partial charge in [0.25, 0.3) is 0 Å². The average Bonchev–Trinajstić information content (AvgIpc) is 2.18. The van der Waals surface area contributed by atoms with Crippen LogP contribution in [0.15, 0.2) is 18.3 Å². The molecule has 1 aromatic rings. The van der Waals surface area contributed by atoms with E-state index in [1.54, 1.807) is 0 Å². The Kier molecular flexibility index (Phi) is 2.82. The number of rotatable bonds is 1. The van der Waals surface area contributed by atoms with E-state index in [0.717, 1.165) is 0 Å². The summed E-state index contributed by atoms with van der Waals surface area (Å²) in [5, 5.41) is 0. The van der Waals surface area contributed by atoms with Crippen molar-refractivity contribution in [3.63, 3.8) is 0 Å². The van der Waals surface area contributed by atoms with Gasteiger partial charge in [-0.3, -0.25) is 9.88 Å². The molecule has 14 heavy (non-hydrogen) atoms. The van der Waals surface area contributed by atoms with E-state index in [2.05, 4.69) is 36.0 Å². The lowest BCUT2D eigenvalue weighted by Crippen LogP contribution is -2.30. The zero-order valence-corrected chi connectivity index (χ0v) is 9.03. The minimum absolute atomic E-state index is 0.545. The van der Waals surface area contributed by atoms with Crippen molar-refractivity contribution >= 4 is 0 Å². The maximum Gasteiger partial charge on any atom is 0.0577 e. The lowest BCUT2D eigenvalue weighted by atomic mass is 9.99. The number of hydrogen-bond acceptors (Lipinski definition) is 2. The molecule has 0 bridgehead atoms. The molecule has 0 saturated carbocycles. The number of aryl methyl sites for hydroxylation is 1. The highest BCUT2D eigenvalue weighted by atomic mass is 15.1. The van der Waals surface area contributed by atoms with Crippen LogP contribution in [-0.2, 0) is 0 Å². The molecule has 1 fully saturated rings. The van der Waals surface area contributed by atoms with Crippen molar-refractivity contribution < 1.29 is 0 Å². The second kappa shape index (κ2) is 4.09. The van der Waals surface area contributed by atoms with Crippen LogP contribution in [0.25, 0.3) is 0 Å². The molecule has 76 valence electrons. The summed E-state index contributed by atoms with van der Waals surface area (Å²) >= 11 is 0. The summed E-state index contributed by atoms with van der Waals surface area (Å²) in [4.78, 5) is 6.89. The summed E-state index contributed by atoms with van der Waals surface area (Å²) in [6.07, 6.45) is 5.85. The van der Waals surface area contributed by atoms with Crippen LogP contribution < -0.4 is 0 Å². The van der Waals surface area contributed by atoms with Gasteiger partial charge in [-0.1, -0.05) is 6.42 Å². The van der Waals surface area contributed by atoms with Gasteiger partial charge in [0, 0.05) is 6.20 Å². The minimum atomic E-state index is 0.545. The van der Waals surface area contributed by atoms with Gasteiger partial charge >= 0.3 is 0 Å². The van der Waals surface area contributed by atoms with Gasteiger partial charge < -0.3 is 0 Å². The Bertz CT molecular complexity index is 309. The second-order valence-electron chi connectivity index (χ2n) is 4.25. The third-order valence-corrected chi connectivity index (χ3v) is 3.05. The molecule has 0 N–H and O–H groups in total. The fourth-order valence-electron chi connectivity index (χ4n) is 2.19. The molecule has 1 aliphatic rings. The molecule has 2 rings (SSSR count). The predicted molar refractivity (Wildman–Crippen MR) is 58.2 cm³/mol. The molecule has 0 spiro atoms. The molecule has 1 saturated heterocycles. The van der Waals surface area contributed by atoms with Crippen LogP contribution in [0.3, 0.4) is 0 Å². The molecule has 0 aliphatic carbocycles. The monoisotopic (exact) mass is 190 g/mol. The highest BCUT2D eigenvalue weighted by Gasteiger charge is 2.21. The average molecular weight is 190 g/mol. The van der Waals surface area contributed by atoms with Gasteiger partial charge in [-0.15, -0.1) is 0 Å². The van der Waals surface area contributed by atoms with Gasteiger partial charge in [-0.25, -0.2) is 0 Å². The van der Waals surface area contributed by atoms with Crippen LogP contribution in [0.5, 0.6) is 0 Å². The Morgan fingerprint density at radius 3 is 3.00 bits per heavy atom. The maximum absolute atomic E-state index is 4.47. The molecular weight excluding hydrogens is 172 g/mol. The SMILES string of the molecule is Cc1ccnc([C@H]2CCCCN2C)c1. The van der Waals surface area contributed by atoms with E-state index in [4.69, 9.17) is 0 Å². The molecule has 2 heteroatoms. The Hall–Kier alpha value is -0.890. The van der Waals surface area contributed by atoms with Crippen molar-refractivity contribution in [3.8, 4) is 0 Å². The zero-order chi connectivity index (χ0) is 9.97. The lowest BCUT2D eigenvalue weighted by Gasteiger charge is -2.32. The molecule has 2 nitrogen and oxygen atoms in total. The van der Waals surface area contributed by atoms with Crippen LogP contribution in [0.2, 0.25) is 0 Å². The van der Waals surface area contributed by atoms with Crippen molar-refractivity contribution in [1.29, 1.82) is 0 Å². The molecule has 1 aromatic heterocycles. The van der Waals surface area contributed by atoms with E-state index >= 15 is 0 Å². The normalized spacial score (nSPS) is 23.7. The number of likely N-dealkylation sites (tertiary alicyclic amines) is 1. The predicted octanol–water partition coefficient (Wildman–Crippen LogP) is 2.55. The second-order valence-corrected chi connectivity index (χ2v) is 4.25. The highest BCUT2D eigenvalue weighted by molar-refractivity contribution is 5.17. The standard InChI is InChI=1S/C12H18N2/c1-10-6-7-13-11(9-10)12-5-3-4-8-14(12)2/h6-7,9,12H,3-5,8H2,1-2H3/t12-/m1/s1. The van der Waals surface area contributed by atoms with E-state index in [9.17, 15) is 0 Å². The van der Waals surface area contributed by atoms with Crippen molar-refractivity contribution in [1.82, 2.24) is 9.88 Å². The first kappa shape index (κ1) is 9.66. The van der Waals surface area contributed by atoms with Gasteiger partial charge in [-0.2, -0.15) is 0 Å². The third-order valence-electron chi connectivity index (χ3n) is 3.05. The first-order chi connectivity index (χ1) is 6.77. The van der Waals surface area contributed by atoms with E-state index in [1.807, 2.05) is 6.20 Å². The van der Waals surface area contributed by atoms with Gasteiger partial charge in [-0.05, 0) is 51.1 Å². The highest BCUT2D eigenvalue weighted by Crippen LogP contribution is 2.28. The van der Waals surface area contributed by atoms with Crippen LogP contribution in [0.4, 0.5) is 0 Å². The van der Waals surface area contributed by atoms with Gasteiger partial charge in [0.15, 0.2) is 0 Å². The summed E-state index contributed by atoms with van der Waals surface area (Å²) in [6.45, 7) is 3.34. The Labute approximate surface area is 86.0 Å². The Balaban J connectivity index is 2.20. The van der Waals surface area contributed by atoms with E-state index in [1.165, 1.54) is 37.1 Å². The Morgan fingerprint density at radius 2 is 2.29 bits per heavy atom. The molecule has 1 atom stereocenters. The van der Waals surface area contributed by atoms with Crippen molar-refractivity contribution in [2.24, 2.45) is 0 Å². The molecule has 0 amide bonds. The van der Waals surface area contributed by atoms with Gasteiger partial charge in [0.1, 0.15) is 0 Å². The molecular formula is C12H18N2. The first-order valence-corrected chi connectivity index (χ1v) is 5.40. The topological polar surface area (TPSA) is 16.1 Å². The number of hydrogen-bond donors (Lipinski definition) is 0. The molecule has 2 heterocycles. The van der Waals surface area contributed by atoms with Crippen molar-refractivity contribution in [3.05, 3.63) is 29.6 Å². The van der Waals surface area contributed by atoms with Crippen LogP contribution in [0, 0.1) is 6.92 Å². The summed E-state index contributed by atoms with van der Waals surface area (Å²) in [5.41, 5.74) is 2.56. The summed E-state index contributed by atoms with van der Waals surface area (Å²) in [6, 6.07) is 4.82. The van der Waals surface area contributed by atoms with Crippen LogP contribution in [0.1, 0.15) is 36.6 Å². The van der Waals surface area contributed by atoms with E-state index in [0.29, 0.717) is 6.04 Å². The Morgan fingerprint density at radius 1 is 1.43 bits per heavy atom. The number of piperidine rings is 1. The summed E-state index contributed by atoms with van der Waals surface area (Å²) in [5.74, 6) is 0. The van der Waals surface area contributed by atoms with Gasteiger partial charge in [0.2, 0.25) is 0 Å². The van der Waals surface area contributed by atoms with E-state index < -0.39 is 0 Å². The number of aromatic nitrogens is 1. The number of pyridine rings is 1. The van der Waals surface area contributed by atoms with Crippen LogP contribution >= 0.6 is 0 Å². The van der Waals surface area contributed by atoms with Crippen molar-refractivity contribution in [2.45, 2.75) is 32.2 Å². The summed E-state index contributed by atoms with van der Waals surface area (Å²) < 4.78 is 0. The molecule has 0 radical (unpaired) electrons. The fraction of sp³-hybridized carbons (Fsp3) is 0.583. The zero-order valence-electron chi connectivity index (χ0n) is 9.03. The molecule has 0 unspecified atom stereocenters. The third kappa shape index (κ3) is 1.95. The first-order valence-electron chi connectivity index (χ1n) is 5.40. The van der Waals surface area contributed by atoms with E-state index in [-0.39, 0.29) is 0 Å². The quantitative estimate of drug-likeness (QED) is 0.676.